The van der Waals surface area contributed by atoms with Crippen LogP contribution in [0.3, 0.4) is 0 Å². The maximum absolute atomic E-state index is 14.1. The zero-order chi connectivity index (χ0) is 35.8. The molecule has 5 amide bonds. The summed E-state index contributed by atoms with van der Waals surface area (Å²) in [4.78, 5) is 71.2. The van der Waals surface area contributed by atoms with Gasteiger partial charge in [-0.2, -0.15) is 0 Å². The van der Waals surface area contributed by atoms with Gasteiger partial charge in [-0.05, 0) is 57.3 Å². The second-order valence-electron chi connectivity index (χ2n) is 14.0. The Hall–Kier alpha value is -3.54. The van der Waals surface area contributed by atoms with E-state index in [1.807, 2.05) is 27.7 Å². The molecule has 0 bridgehead atoms. The van der Waals surface area contributed by atoms with Crippen molar-refractivity contribution < 1.29 is 29.0 Å². The summed E-state index contributed by atoms with van der Waals surface area (Å²) in [5.74, 6) is -1.19. The minimum absolute atomic E-state index is 0.00729. The van der Waals surface area contributed by atoms with Crippen molar-refractivity contribution in [2.75, 3.05) is 20.1 Å². The third kappa shape index (κ3) is 12.8. The van der Waals surface area contributed by atoms with Gasteiger partial charge in [0.1, 0.15) is 18.1 Å². The minimum atomic E-state index is -0.735. The molecule has 1 aliphatic rings. The van der Waals surface area contributed by atoms with Gasteiger partial charge in [-0.1, -0.05) is 60.3 Å². The number of rotatable bonds is 19. The maximum atomic E-state index is 14.1. The van der Waals surface area contributed by atoms with Crippen LogP contribution in [0.2, 0.25) is 0 Å². The Morgan fingerprint density at radius 2 is 1.52 bits per heavy atom. The molecule has 12 heteroatoms. The number of pyridine rings is 1. The third-order valence-electron chi connectivity index (χ3n) is 9.10. The van der Waals surface area contributed by atoms with E-state index in [2.05, 4.69) is 45.4 Å². The van der Waals surface area contributed by atoms with Crippen molar-refractivity contribution in [1.29, 1.82) is 0 Å². The zero-order valence-corrected chi connectivity index (χ0v) is 30.5. The molecule has 0 aromatic carbocycles. The molecule has 12 nitrogen and oxygen atoms in total. The van der Waals surface area contributed by atoms with E-state index in [0.29, 0.717) is 37.9 Å². The fourth-order valence-corrected chi connectivity index (χ4v) is 6.33. The van der Waals surface area contributed by atoms with E-state index in [1.54, 1.807) is 38.5 Å². The molecule has 5 atom stereocenters. The number of likely N-dealkylation sites (N-methyl/N-ethyl adjacent to an activating group) is 2. The van der Waals surface area contributed by atoms with Gasteiger partial charge in [-0.3, -0.25) is 24.0 Å². The number of nitrogens with zero attached hydrogens (tertiary/aromatic N) is 1. The number of carbonyl (C=O) groups excluding carboxylic acids is 5. The highest BCUT2D eigenvalue weighted by Gasteiger charge is 2.37. The largest absolute Gasteiger partial charge is 0.355 e. The number of carbonyl (C=O) groups is 5. The Morgan fingerprint density at radius 1 is 0.875 bits per heavy atom. The van der Waals surface area contributed by atoms with Gasteiger partial charge < -0.3 is 31.5 Å². The van der Waals surface area contributed by atoms with Crippen LogP contribution in [0.15, 0.2) is 24.5 Å². The topological polar surface area (TPSA) is 163 Å². The van der Waals surface area contributed by atoms with Crippen molar-refractivity contribution >= 4 is 29.5 Å². The van der Waals surface area contributed by atoms with E-state index in [0.717, 1.165) is 32.1 Å². The first-order chi connectivity index (χ1) is 22.8. The number of H-pyrrole nitrogens is 1. The monoisotopic (exact) mass is 672 g/mol. The van der Waals surface area contributed by atoms with Crippen LogP contribution in [0.1, 0.15) is 110 Å². The van der Waals surface area contributed by atoms with Crippen LogP contribution >= 0.6 is 0 Å². The molecule has 1 fully saturated rings. The molecule has 1 heterocycles. The highest BCUT2D eigenvalue weighted by atomic mass is 16.2. The lowest BCUT2D eigenvalue weighted by atomic mass is 9.83. The molecule has 1 aliphatic carbocycles. The van der Waals surface area contributed by atoms with E-state index in [1.165, 1.54) is 4.90 Å². The first-order valence-electron chi connectivity index (χ1n) is 18.0. The van der Waals surface area contributed by atoms with E-state index in [-0.39, 0.29) is 53.3 Å². The van der Waals surface area contributed by atoms with Crippen molar-refractivity contribution in [3.05, 3.63) is 30.1 Å². The van der Waals surface area contributed by atoms with E-state index >= 15 is 0 Å². The van der Waals surface area contributed by atoms with E-state index in [9.17, 15) is 24.0 Å². The Morgan fingerprint density at radius 3 is 2.08 bits per heavy atom. The molecule has 0 saturated heterocycles. The minimum Gasteiger partial charge on any atom is -0.355 e. The van der Waals surface area contributed by atoms with Gasteiger partial charge in [0.25, 0.3) is 5.91 Å². The van der Waals surface area contributed by atoms with Crippen molar-refractivity contribution in [3.8, 4) is 0 Å². The average Bonchev–Trinajstić information content (AvgIpc) is 3.06. The van der Waals surface area contributed by atoms with Gasteiger partial charge in [-0.15, -0.1) is 0 Å². The van der Waals surface area contributed by atoms with Crippen LogP contribution in [0.25, 0.3) is 0 Å². The van der Waals surface area contributed by atoms with Crippen molar-refractivity contribution in [1.82, 2.24) is 31.5 Å². The molecule has 2 rings (SSSR count). The number of hydrogen-bond donors (Lipinski definition) is 5. The van der Waals surface area contributed by atoms with E-state index in [4.69, 9.17) is 0 Å². The number of hydrogen-bond acceptors (Lipinski definition) is 6. The molecular weight excluding hydrogens is 610 g/mol. The Balaban J connectivity index is 2.17. The second-order valence-corrected chi connectivity index (χ2v) is 14.0. The molecule has 0 radical (unpaired) electrons. The lowest BCUT2D eigenvalue weighted by Gasteiger charge is -2.36. The standard InChI is InChI=1S/C36H61N7O5/c1-9-14-29(43(8)36(48)31(26-15-12-11-13-16-26)42-33(45)27-17-19-37-20-18-27)34(46)40-28(21-23(3)4)22-39-25(7)32(44)41-30(24(5)6)35(47)38-10-2/h17-20,23-26,28-31,39H,9-16,21-22H2,1-8H3,(H,38,47)(H,40,46)(H,41,44)(H,42,45)/p+1/t25-,28?,29-,30?,31?/m0/s1. The highest BCUT2D eigenvalue weighted by molar-refractivity contribution is 5.98. The van der Waals surface area contributed by atoms with Gasteiger partial charge in [0, 0.05) is 38.3 Å². The van der Waals surface area contributed by atoms with Gasteiger partial charge in [0.05, 0.1) is 11.6 Å². The number of aromatic nitrogens is 1. The van der Waals surface area contributed by atoms with Gasteiger partial charge >= 0.3 is 0 Å². The summed E-state index contributed by atoms with van der Waals surface area (Å²) in [7, 11) is 1.66. The molecule has 0 aliphatic heterocycles. The normalized spacial score (nSPS) is 16.7. The fraction of sp³-hybridized carbons (Fsp3) is 0.722. The van der Waals surface area contributed by atoms with Crippen LogP contribution < -0.4 is 31.6 Å². The van der Waals surface area contributed by atoms with Gasteiger partial charge in [-0.25, -0.2) is 4.98 Å². The molecule has 1 aromatic rings. The Bertz CT molecular complexity index is 1170. The third-order valence-corrected chi connectivity index (χ3v) is 9.10. The van der Waals surface area contributed by atoms with Gasteiger partial charge in [0.15, 0.2) is 12.4 Å². The highest BCUT2D eigenvalue weighted by Crippen LogP contribution is 2.28. The van der Waals surface area contributed by atoms with Crippen molar-refractivity contribution in [2.45, 2.75) is 130 Å². The lowest BCUT2D eigenvalue weighted by molar-refractivity contribution is -0.378. The summed E-state index contributed by atoms with van der Waals surface area (Å²) in [5.41, 5.74) is 0.462. The molecular formula is C36H62N7O5+. The lowest BCUT2D eigenvalue weighted by Crippen LogP contribution is -2.58. The number of amides is 5. The molecule has 3 unspecified atom stereocenters. The summed E-state index contributed by atoms with van der Waals surface area (Å²) in [6.07, 6.45) is 9.93. The van der Waals surface area contributed by atoms with Crippen LogP contribution in [0.5, 0.6) is 0 Å². The molecule has 1 aromatic heterocycles. The second kappa shape index (κ2) is 20.7. The molecule has 48 heavy (non-hydrogen) atoms. The predicted molar refractivity (Wildman–Crippen MR) is 187 cm³/mol. The van der Waals surface area contributed by atoms with Gasteiger partial charge in [0.2, 0.25) is 23.6 Å². The number of aromatic amines is 1. The first-order valence-corrected chi connectivity index (χ1v) is 18.0. The summed E-state index contributed by atoms with van der Waals surface area (Å²) >= 11 is 0. The van der Waals surface area contributed by atoms with Crippen LogP contribution in [-0.2, 0) is 19.2 Å². The predicted octanol–water partition coefficient (Wildman–Crippen LogP) is 2.59. The van der Waals surface area contributed by atoms with Crippen LogP contribution in [0, 0.1) is 17.8 Å². The quantitative estimate of drug-likeness (QED) is 0.152. The summed E-state index contributed by atoms with van der Waals surface area (Å²) in [5, 5.41) is 15.0. The first kappa shape index (κ1) is 40.6. The van der Waals surface area contributed by atoms with Crippen LogP contribution in [-0.4, -0.2) is 84.8 Å². The summed E-state index contributed by atoms with van der Waals surface area (Å²) < 4.78 is 0. The number of nitrogens with one attached hydrogen (secondary N) is 6. The van der Waals surface area contributed by atoms with Crippen molar-refractivity contribution in [3.63, 3.8) is 0 Å². The smallest absolute Gasteiger partial charge is 0.252 e. The van der Waals surface area contributed by atoms with Crippen LogP contribution in [0.4, 0.5) is 0 Å². The zero-order valence-electron chi connectivity index (χ0n) is 30.5. The average molecular weight is 673 g/mol. The molecule has 6 N–H and O–H groups in total. The summed E-state index contributed by atoms with van der Waals surface area (Å²) in [6, 6.07) is 0.331. The maximum Gasteiger partial charge on any atom is 0.252 e. The molecule has 0 spiro atoms. The molecule has 1 saturated carbocycles. The van der Waals surface area contributed by atoms with E-state index < -0.39 is 24.2 Å². The molecule has 270 valence electrons. The Labute approximate surface area is 287 Å². The SMILES string of the molecule is CCC[C@@H](C(=O)NC(CN[C@@H](C)C(=O)NC(C(=O)NCC)C(C)C)CC(C)C)N(C)C(=O)C(NC(=O)c1cc[nH+]cc1)C1CCCCC1. The Kier molecular flexibility index (Phi) is 17.6. The summed E-state index contributed by atoms with van der Waals surface area (Å²) in [6.45, 7) is 14.3. The van der Waals surface area contributed by atoms with Crippen molar-refractivity contribution in [2.24, 2.45) is 17.8 Å². The fourth-order valence-electron chi connectivity index (χ4n) is 6.33.